The van der Waals surface area contributed by atoms with Gasteiger partial charge in [0.1, 0.15) is 0 Å². The number of aromatic nitrogens is 3. The molecule has 13 heavy (non-hydrogen) atoms. The first-order valence-corrected chi connectivity index (χ1v) is 3.66. The van der Waals surface area contributed by atoms with E-state index in [1.807, 2.05) is 0 Å². The highest BCUT2D eigenvalue weighted by molar-refractivity contribution is 5.86. The van der Waals surface area contributed by atoms with E-state index in [2.05, 4.69) is 10.2 Å². The Balaban J connectivity index is 2.65. The summed E-state index contributed by atoms with van der Waals surface area (Å²) in [5.41, 5.74) is 0.258. The van der Waals surface area contributed by atoms with Crippen LogP contribution in [0.25, 0.3) is 0 Å². The molecule has 6 heteroatoms. The van der Waals surface area contributed by atoms with Gasteiger partial charge in [0.05, 0.1) is 18.3 Å². The van der Waals surface area contributed by atoms with Gasteiger partial charge < -0.3 is 0 Å². The zero-order valence-corrected chi connectivity index (χ0v) is 7.29. The van der Waals surface area contributed by atoms with Gasteiger partial charge in [-0.25, -0.2) is 0 Å². The van der Waals surface area contributed by atoms with Crippen molar-refractivity contribution >= 4 is 5.78 Å². The number of halogens is 2. The molecule has 0 bridgehead atoms. The molecule has 72 valence electrons. The van der Waals surface area contributed by atoms with Crippen LogP contribution in [0.3, 0.4) is 0 Å². The third kappa shape index (κ3) is 2.57. The molecule has 1 rings (SSSR count). The van der Waals surface area contributed by atoms with Crippen molar-refractivity contribution in [2.45, 2.75) is 19.3 Å². The molecule has 0 saturated carbocycles. The van der Waals surface area contributed by atoms with Crippen LogP contribution in [0, 0.1) is 0 Å². The fourth-order valence-electron chi connectivity index (χ4n) is 0.788. The minimum Gasteiger partial charge on any atom is -0.293 e. The number of hydrogen-bond acceptors (Lipinski definition) is 3. The lowest BCUT2D eigenvalue weighted by atomic mass is 10.1. The van der Waals surface area contributed by atoms with Crippen LogP contribution in [0.2, 0.25) is 0 Å². The van der Waals surface area contributed by atoms with Gasteiger partial charge in [0.15, 0.2) is 0 Å². The van der Waals surface area contributed by atoms with Gasteiger partial charge >= 0.3 is 5.92 Å². The maximum absolute atomic E-state index is 12.4. The second kappa shape index (κ2) is 3.20. The molecular formula is C7H9F2N3O. The number of carbonyl (C=O) groups is 1. The highest BCUT2D eigenvalue weighted by atomic mass is 19.3. The molecule has 0 aliphatic rings. The first kappa shape index (κ1) is 9.76. The molecule has 1 aromatic heterocycles. The van der Waals surface area contributed by atoms with Crippen molar-refractivity contribution < 1.29 is 13.6 Å². The van der Waals surface area contributed by atoms with E-state index in [9.17, 15) is 13.6 Å². The zero-order chi connectivity index (χ0) is 10.1. The standard InChI is InChI=1S/C7H9F2N3O/c1-7(8,9)6(13)3-5-4-10-12(2)11-5/h4H,3H2,1-2H3. The van der Waals surface area contributed by atoms with Crippen molar-refractivity contribution in [3.05, 3.63) is 11.9 Å². The highest BCUT2D eigenvalue weighted by Gasteiger charge is 2.32. The molecule has 0 aromatic carbocycles. The number of carbonyl (C=O) groups excluding carboxylic acids is 1. The SMILES string of the molecule is Cn1ncc(CC(=O)C(C)(F)F)n1. The van der Waals surface area contributed by atoms with Crippen LogP contribution in [0.4, 0.5) is 8.78 Å². The second-order valence-electron chi connectivity index (χ2n) is 2.81. The summed E-state index contributed by atoms with van der Waals surface area (Å²) in [4.78, 5) is 12.0. The third-order valence-electron chi connectivity index (χ3n) is 1.48. The highest BCUT2D eigenvalue weighted by Crippen LogP contribution is 2.14. The van der Waals surface area contributed by atoms with Gasteiger partial charge in [-0.3, -0.25) is 4.79 Å². The lowest BCUT2D eigenvalue weighted by molar-refractivity contribution is -0.139. The van der Waals surface area contributed by atoms with Crippen molar-refractivity contribution in [1.82, 2.24) is 15.0 Å². The van der Waals surface area contributed by atoms with Gasteiger partial charge in [0, 0.05) is 14.0 Å². The number of hydrogen-bond donors (Lipinski definition) is 0. The molecule has 0 fully saturated rings. The first-order chi connectivity index (χ1) is 5.89. The summed E-state index contributed by atoms with van der Waals surface area (Å²) >= 11 is 0. The van der Waals surface area contributed by atoms with Crippen molar-refractivity contribution in [1.29, 1.82) is 0 Å². The minimum atomic E-state index is -3.29. The van der Waals surface area contributed by atoms with Crippen LogP contribution < -0.4 is 0 Å². The van der Waals surface area contributed by atoms with Crippen LogP contribution in [0.1, 0.15) is 12.6 Å². The number of alkyl halides is 2. The molecule has 0 radical (unpaired) electrons. The fraction of sp³-hybridized carbons (Fsp3) is 0.571. The molecular weight excluding hydrogens is 180 g/mol. The molecule has 0 spiro atoms. The molecule has 0 amide bonds. The van der Waals surface area contributed by atoms with Crippen molar-refractivity contribution in [3.63, 3.8) is 0 Å². The lowest BCUT2D eigenvalue weighted by Gasteiger charge is -2.05. The van der Waals surface area contributed by atoms with E-state index >= 15 is 0 Å². The molecule has 0 unspecified atom stereocenters. The number of aryl methyl sites for hydroxylation is 1. The number of nitrogens with zero attached hydrogens (tertiary/aromatic N) is 3. The number of rotatable bonds is 3. The van der Waals surface area contributed by atoms with Gasteiger partial charge in [-0.15, -0.1) is 0 Å². The molecule has 0 aliphatic heterocycles. The molecule has 1 heterocycles. The van der Waals surface area contributed by atoms with E-state index in [4.69, 9.17) is 0 Å². The van der Waals surface area contributed by atoms with E-state index in [1.54, 1.807) is 7.05 Å². The summed E-state index contributed by atoms with van der Waals surface area (Å²) in [6.07, 6.45) is 0.918. The lowest BCUT2D eigenvalue weighted by Crippen LogP contribution is -2.26. The predicted molar refractivity (Wildman–Crippen MR) is 40.3 cm³/mol. The smallest absolute Gasteiger partial charge is 0.293 e. The van der Waals surface area contributed by atoms with E-state index in [-0.39, 0.29) is 12.1 Å². The van der Waals surface area contributed by atoms with Crippen LogP contribution >= 0.6 is 0 Å². The topological polar surface area (TPSA) is 47.8 Å². The Labute approximate surface area is 73.5 Å². The summed E-state index contributed by atoms with van der Waals surface area (Å²) in [6.45, 7) is 0.575. The van der Waals surface area contributed by atoms with E-state index in [1.165, 1.54) is 11.0 Å². The summed E-state index contributed by atoms with van der Waals surface area (Å²) in [6, 6.07) is 0. The fourth-order valence-corrected chi connectivity index (χ4v) is 0.788. The van der Waals surface area contributed by atoms with Gasteiger partial charge in [-0.05, 0) is 0 Å². The maximum atomic E-state index is 12.4. The number of ketones is 1. The quantitative estimate of drug-likeness (QED) is 0.698. The normalized spacial score (nSPS) is 11.7. The summed E-state index contributed by atoms with van der Waals surface area (Å²) in [5, 5.41) is 7.38. The zero-order valence-electron chi connectivity index (χ0n) is 7.29. The maximum Gasteiger partial charge on any atom is 0.302 e. The van der Waals surface area contributed by atoms with Gasteiger partial charge in [-0.1, -0.05) is 0 Å². The van der Waals surface area contributed by atoms with Crippen molar-refractivity contribution in [2.24, 2.45) is 7.05 Å². The van der Waals surface area contributed by atoms with Gasteiger partial charge in [-0.2, -0.15) is 23.8 Å². The third-order valence-corrected chi connectivity index (χ3v) is 1.48. The summed E-state index contributed by atoms with van der Waals surface area (Å²) in [7, 11) is 1.55. The Kier molecular flexibility index (Phi) is 2.40. The number of Topliss-reactive ketones (excluding diaryl/α,β-unsaturated/α-hetero) is 1. The first-order valence-electron chi connectivity index (χ1n) is 3.66. The molecule has 0 N–H and O–H groups in total. The molecule has 4 nitrogen and oxygen atoms in total. The predicted octanol–water partition coefficient (Wildman–Crippen LogP) is 0.582. The van der Waals surface area contributed by atoms with Gasteiger partial charge in [0.2, 0.25) is 5.78 Å². The minimum absolute atomic E-state index is 0.258. The Morgan fingerprint density at radius 3 is 2.69 bits per heavy atom. The average molecular weight is 189 g/mol. The van der Waals surface area contributed by atoms with Crippen LogP contribution in [-0.2, 0) is 18.3 Å². The van der Waals surface area contributed by atoms with Crippen LogP contribution in [-0.4, -0.2) is 26.7 Å². The molecule has 0 aliphatic carbocycles. The Morgan fingerprint density at radius 1 is 1.69 bits per heavy atom. The largest absolute Gasteiger partial charge is 0.302 e. The summed E-state index contributed by atoms with van der Waals surface area (Å²) in [5.74, 6) is -4.44. The molecule has 0 atom stereocenters. The Morgan fingerprint density at radius 2 is 2.31 bits per heavy atom. The second-order valence-corrected chi connectivity index (χ2v) is 2.81. The van der Waals surface area contributed by atoms with Crippen molar-refractivity contribution in [2.75, 3.05) is 0 Å². The van der Waals surface area contributed by atoms with Crippen LogP contribution in [0.5, 0.6) is 0 Å². The van der Waals surface area contributed by atoms with E-state index in [0.717, 1.165) is 0 Å². The summed E-state index contributed by atoms with van der Waals surface area (Å²) < 4.78 is 24.8. The average Bonchev–Trinajstić information content (AvgIpc) is 2.33. The van der Waals surface area contributed by atoms with E-state index in [0.29, 0.717) is 6.92 Å². The van der Waals surface area contributed by atoms with Gasteiger partial charge in [0.25, 0.3) is 0 Å². The Bertz CT molecular complexity index is 316. The molecule has 0 saturated heterocycles. The monoisotopic (exact) mass is 189 g/mol. The van der Waals surface area contributed by atoms with E-state index < -0.39 is 11.7 Å². The van der Waals surface area contributed by atoms with Crippen molar-refractivity contribution in [3.8, 4) is 0 Å². The Hall–Kier alpha value is -1.33. The molecule has 1 aromatic rings. The van der Waals surface area contributed by atoms with Crippen LogP contribution in [0.15, 0.2) is 6.20 Å².